The van der Waals surface area contributed by atoms with Gasteiger partial charge in [0.2, 0.25) is 5.69 Å². The minimum Gasteiger partial charge on any atom is -0.456 e. The quantitative estimate of drug-likeness (QED) is 0.167. The molecule has 0 atom stereocenters. The maximum absolute atomic E-state index is 10.9. The second-order valence-corrected chi connectivity index (χ2v) is 14.8. The van der Waals surface area contributed by atoms with Crippen LogP contribution in [-0.4, -0.2) is 9.13 Å². The Morgan fingerprint density at radius 3 is 1.45 bits per heavy atom. The number of hydrogen-bond acceptors (Lipinski definition) is 4. The molecule has 0 aliphatic carbocycles. The van der Waals surface area contributed by atoms with Crippen molar-refractivity contribution < 1.29 is 8.83 Å². The number of furan rings is 2. The maximum atomic E-state index is 10.9. The van der Waals surface area contributed by atoms with Crippen LogP contribution in [-0.2, 0) is 0 Å². The molecule has 12 rings (SSSR count). The molecular weight excluding hydrogens is 741 g/mol. The fourth-order valence-corrected chi connectivity index (χ4v) is 9.39. The number of nitrogens with zero attached hydrogens (tertiary/aromatic N) is 6. The molecule has 8 aromatic carbocycles. The average Bonchev–Trinajstić information content (AvgIpc) is 4.05. The Bertz CT molecular complexity index is 4070. The first-order valence-electron chi connectivity index (χ1n) is 19.2. The van der Waals surface area contributed by atoms with Gasteiger partial charge in [0.1, 0.15) is 28.4 Å². The van der Waals surface area contributed by atoms with E-state index in [1.165, 1.54) is 0 Å². The lowest BCUT2D eigenvalue weighted by molar-refractivity contribution is 0.669. The summed E-state index contributed by atoms with van der Waals surface area (Å²) in [4.78, 5) is 7.97. The lowest BCUT2D eigenvalue weighted by atomic mass is 9.94. The first-order valence-corrected chi connectivity index (χ1v) is 19.2. The van der Waals surface area contributed by atoms with E-state index < -0.39 is 0 Å². The van der Waals surface area contributed by atoms with Crippen molar-refractivity contribution >= 4 is 98.9 Å². The second-order valence-electron chi connectivity index (χ2n) is 14.8. The van der Waals surface area contributed by atoms with Crippen molar-refractivity contribution in [1.82, 2.24) is 9.13 Å². The number of rotatable bonds is 3. The molecule has 0 unspecified atom stereocenters. The Morgan fingerprint density at radius 2 is 0.917 bits per heavy atom. The van der Waals surface area contributed by atoms with Crippen LogP contribution < -0.4 is 0 Å². The van der Waals surface area contributed by atoms with Crippen LogP contribution in [0.15, 0.2) is 154 Å². The van der Waals surface area contributed by atoms with Crippen molar-refractivity contribution in [3.8, 4) is 34.6 Å². The lowest BCUT2D eigenvalue weighted by Gasteiger charge is -2.17. The monoisotopic (exact) mass is 764 g/mol. The standard InChI is InChI=1S/C52H24N6O2/c1-55-37-26-43(57-39-15-7-3-11-31(39)49-41(57)19-21-47-51(49)33-13-5-9-17-45(33)59-47)30(28-54)23-36(37)35-25-44(38(56-2)24-29(35)27-53)58-40-16-8-4-12-32(40)50-42(58)20-22-48-52(50)34-14-6-10-18-46(34)60-48/h3-26H. The van der Waals surface area contributed by atoms with Crippen molar-refractivity contribution in [3.63, 3.8) is 0 Å². The Hall–Kier alpha value is -9.08. The molecule has 4 heterocycles. The summed E-state index contributed by atoms with van der Waals surface area (Å²) in [5.74, 6) is 0. The molecule has 0 fully saturated rings. The molecule has 0 saturated heterocycles. The van der Waals surface area contributed by atoms with E-state index in [0.717, 1.165) is 87.5 Å². The molecule has 0 radical (unpaired) electrons. The van der Waals surface area contributed by atoms with Crippen molar-refractivity contribution in [1.29, 1.82) is 10.5 Å². The molecule has 0 aliphatic heterocycles. The summed E-state index contributed by atoms with van der Waals surface area (Å²) in [6.07, 6.45) is 0. The highest BCUT2D eigenvalue weighted by Crippen LogP contribution is 2.47. The number of hydrogen-bond donors (Lipinski definition) is 0. The molecule has 0 saturated carbocycles. The van der Waals surface area contributed by atoms with Crippen molar-refractivity contribution in [3.05, 3.63) is 180 Å². The van der Waals surface area contributed by atoms with Gasteiger partial charge in [-0.2, -0.15) is 10.5 Å². The van der Waals surface area contributed by atoms with Crippen LogP contribution in [0.3, 0.4) is 0 Å². The van der Waals surface area contributed by atoms with Gasteiger partial charge in [0.25, 0.3) is 0 Å². The van der Waals surface area contributed by atoms with Gasteiger partial charge in [0, 0.05) is 48.7 Å². The molecule has 12 aromatic rings. The third kappa shape index (κ3) is 4.34. The van der Waals surface area contributed by atoms with Gasteiger partial charge < -0.3 is 18.0 Å². The lowest BCUT2D eigenvalue weighted by Crippen LogP contribution is -2.00. The van der Waals surface area contributed by atoms with E-state index in [2.05, 4.69) is 50.7 Å². The molecular formula is C52H24N6O2. The van der Waals surface area contributed by atoms with Gasteiger partial charge in [0.05, 0.1) is 58.2 Å². The molecule has 8 nitrogen and oxygen atoms in total. The van der Waals surface area contributed by atoms with Crippen LogP contribution in [0.5, 0.6) is 0 Å². The van der Waals surface area contributed by atoms with E-state index in [1.54, 1.807) is 18.2 Å². The Kier molecular flexibility index (Phi) is 6.73. The van der Waals surface area contributed by atoms with Gasteiger partial charge in [-0.3, -0.25) is 0 Å². The molecule has 60 heavy (non-hydrogen) atoms. The van der Waals surface area contributed by atoms with E-state index in [-0.39, 0.29) is 16.9 Å². The first kappa shape index (κ1) is 33.1. The number of aromatic nitrogens is 2. The van der Waals surface area contributed by atoms with Crippen molar-refractivity contribution in [2.45, 2.75) is 0 Å². The zero-order valence-electron chi connectivity index (χ0n) is 31.4. The van der Waals surface area contributed by atoms with Gasteiger partial charge >= 0.3 is 0 Å². The third-order valence-corrected chi connectivity index (χ3v) is 11.8. The molecule has 0 spiro atoms. The molecule has 0 aliphatic rings. The number of fused-ring (bicyclic) bond motifs is 14. The Balaban J connectivity index is 1.13. The summed E-state index contributed by atoms with van der Waals surface area (Å²) in [6, 6.07) is 51.5. The molecule has 274 valence electrons. The molecule has 4 aromatic heterocycles. The summed E-state index contributed by atoms with van der Waals surface area (Å²) in [6.45, 7) is 16.8. The van der Waals surface area contributed by atoms with Crippen molar-refractivity contribution in [2.24, 2.45) is 0 Å². The van der Waals surface area contributed by atoms with Crippen LogP contribution in [0.2, 0.25) is 0 Å². The highest BCUT2D eigenvalue weighted by atomic mass is 16.3. The summed E-state index contributed by atoms with van der Waals surface area (Å²) < 4.78 is 16.7. The van der Waals surface area contributed by atoms with E-state index in [1.807, 2.05) is 108 Å². The van der Waals surface area contributed by atoms with E-state index in [9.17, 15) is 10.5 Å². The summed E-state index contributed by atoms with van der Waals surface area (Å²) in [5.41, 5.74) is 9.61. The van der Waals surface area contributed by atoms with Crippen molar-refractivity contribution in [2.75, 3.05) is 0 Å². The van der Waals surface area contributed by atoms with Crippen LogP contribution in [0, 0.1) is 35.8 Å². The van der Waals surface area contributed by atoms with Crippen LogP contribution in [0.4, 0.5) is 11.4 Å². The highest BCUT2D eigenvalue weighted by Gasteiger charge is 2.25. The normalized spacial score (nSPS) is 11.6. The zero-order valence-corrected chi connectivity index (χ0v) is 31.4. The third-order valence-electron chi connectivity index (χ3n) is 11.8. The summed E-state index contributed by atoms with van der Waals surface area (Å²) >= 11 is 0. The predicted molar refractivity (Wildman–Crippen MR) is 237 cm³/mol. The van der Waals surface area contributed by atoms with Crippen LogP contribution in [0.1, 0.15) is 11.1 Å². The Labute approximate surface area is 340 Å². The fourth-order valence-electron chi connectivity index (χ4n) is 9.39. The van der Waals surface area contributed by atoms with Gasteiger partial charge in [-0.25, -0.2) is 9.69 Å². The summed E-state index contributed by atoms with van der Waals surface area (Å²) in [5, 5.41) is 29.4. The van der Waals surface area contributed by atoms with Gasteiger partial charge in [-0.15, -0.1) is 0 Å². The van der Waals surface area contributed by atoms with Crippen LogP contribution >= 0.6 is 0 Å². The van der Waals surface area contributed by atoms with Gasteiger partial charge in [-0.1, -0.05) is 72.8 Å². The molecule has 0 bridgehead atoms. The van der Waals surface area contributed by atoms with Gasteiger partial charge in [-0.05, 0) is 83.9 Å². The Morgan fingerprint density at radius 1 is 0.417 bits per heavy atom. The second kappa shape index (κ2) is 12.2. The van der Waals surface area contributed by atoms with E-state index in [4.69, 9.17) is 22.0 Å². The zero-order chi connectivity index (χ0) is 40.2. The number of benzene rings is 8. The smallest absolute Gasteiger partial charge is 0.211 e. The van der Waals surface area contributed by atoms with E-state index in [0.29, 0.717) is 28.1 Å². The highest BCUT2D eigenvalue weighted by molar-refractivity contribution is 6.28. The van der Waals surface area contributed by atoms with E-state index >= 15 is 0 Å². The molecule has 0 amide bonds. The van der Waals surface area contributed by atoms with Gasteiger partial charge in [0.15, 0.2) is 5.69 Å². The molecule has 8 heteroatoms. The predicted octanol–water partition coefficient (Wildman–Crippen LogP) is 14.2. The summed E-state index contributed by atoms with van der Waals surface area (Å²) in [7, 11) is 0. The average molecular weight is 765 g/mol. The number of nitriles is 2. The molecule has 0 N–H and O–H groups in total. The SMILES string of the molecule is [C-]#[N+]c1cc(-n2c3ccccc3c3c4c(ccc32)oc2ccccc24)c(C#N)cc1-c1cc(-n2c3ccccc3c3c4c(ccc32)oc2ccccc24)c([N+]#[C-])cc1C#N. The van der Waals surface area contributed by atoms with Crippen LogP contribution in [0.25, 0.3) is 120 Å². The number of para-hydroxylation sites is 4. The minimum absolute atomic E-state index is 0.223. The fraction of sp³-hybridized carbons (Fsp3) is 0. The maximum Gasteiger partial charge on any atom is 0.211 e. The minimum atomic E-state index is 0.223. The first-order chi connectivity index (χ1) is 29.6. The topological polar surface area (TPSA) is 92.4 Å². The largest absolute Gasteiger partial charge is 0.456 e.